The van der Waals surface area contributed by atoms with Gasteiger partial charge in [-0.1, -0.05) is 33.1 Å². The van der Waals surface area contributed by atoms with Crippen LogP contribution in [0.2, 0.25) is 0 Å². The van der Waals surface area contributed by atoms with Crippen LogP contribution in [0.3, 0.4) is 0 Å². The van der Waals surface area contributed by atoms with Crippen LogP contribution in [0, 0.1) is 11.8 Å². The summed E-state index contributed by atoms with van der Waals surface area (Å²) in [5, 5.41) is 0. The molecule has 2 atom stereocenters. The highest BCUT2D eigenvalue weighted by Gasteiger charge is 2.43. The van der Waals surface area contributed by atoms with Crippen molar-refractivity contribution in [3.05, 3.63) is 0 Å². The lowest BCUT2D eigenvalue weighted by atomic mass is 9.69. The highest BCUT2D eigenvalue weighted by atomic mass is 15.2. The Labute approximate surface area is 107 Å². The van der Waals surface area contributed by atoms with E-state index in [9.17, 15) is 0 Å². The van der Waals surface area contributed by atoms with E-state index < -0.39 is 0 Å². The first-order valence-corrected chi connectivity index (χ1v) is 7.68. The number of piperidine rings is 1. The molecule has 2 nitrogen and oxygen atoms in total. The summed E-state index contributed by atoms with van der Waals surface area (Å²) in [7, 11) is 0. The molecular formula is C15H30N2. The zero-order chi connectivity index (χ0) is 12.3. The molecule has 0 radical (unpaired) electrons. The minimum Gasteiger partial charge on any atom is -0.329 e. The summed E-state index contributed by atoms with van der Waals surface area (Å²) >= 11 is 0. The van der Waals surface area contributed by atoms with Gasteiger partial charge in [-0.15, -0.1) is 0 Å². The molecule has 2 unspecified atom stereocenters. The molecule has 0 bridgehead atoms. The Morgan fingerprint density at radius 2 is 1.88 bits per heavy atom. The van der Waals surface area contributed by atoms with E-state index >= 15 is 0 Å². The smallest absolute Gasteiger partial charge is 0.0359 e. The number of nitrogens with zero attached hydrogens (tertiary/aromatic N) is 1. The maximum Gasteiger partial charge on any atom is 0.0359 e. The highest BCUT2D eigenvalue weighted by molar-refractivity contribution is 5.00. The Morgan fingerprint density at radius 1 is 1.18 bits per heavy atom. The normalized spacial score (nSPS) is 37.2. The number of hydrogen-bond donors (Lipinski definition) is 1. The van der Waals surface area contributed by atoms with E-state index in [1.54, 1.807) is 0 Å². The summed E-state index contributed by atoms with van der Waals surface area (Å²) in [6.07, 6.45) is 9.61. The predicted octanol–water partition coefficient (Wildman–Crippen LogP) is 3.02. The molecule has 0 amide bonds. The maximum absolute atomic E-state index is 6.23. The molecule has 0 spiro atoms. The molecule has 1 saturated carbocycles. The summed E-state index contributed by atoms with van der Waals surface area (Å²) in [5.74, 6) is 1.76. The van der Waals surface area contributed by atoms with Crippen LogP contribution in [0.1, 0.15) is 58.8 Å². The van der Waals surface area contributed by atoms with Crippen LogP contribution in [0.5, 0.6) is 0 Å². The molecular weight excluding hydrogens is 208 g/mol. The summed E-state index contributed by atoms with van der Waals surface area (Å²) in [5.41, 5.74) is 6.58. The molecule has 1 heterocycles. The summed E-state index contributed by atoms with van der Waals surface area (Å²) < 4.78 is 0. The van der Waals surface area contributed by atoms with Gasteiger partial charge in [-0.3, -0.25) is 4.90 Å². The average molecular weight is 238 g/mol. The molecule has 2 heteroatoms. The molecule has 1 saturated heterocycles. The first kappa shape index (κ1) is 13.4. The molecule has 2 N–H and O–H groups in total. The molecule has 1 aliphatic carbocycles. The number of rotatable bonds is 3. The van der Waals surface area contributed by atoms with Gasteiger partial charge in [0, 0.05) is 12.1 Å². The third kappa shape index (κ3) is 2.53. The molecule has 100 valence electrons. The summed E-state index contributed by atoms with van der Waals surface area (Å²) in [4.78, 5) is 2.76. The largest absolute Gasteiger partial charge is 0.329 e. The van der Waals surface area contributed by atoms with Crippen molar-refractivity contribution in [1.82, 2.24) is 4.90 Å². The molecule has 0 aromatic heterocycles. The summed E-state index contributed by atoms with van der Waals surface area (Å²) in [6, 6.07) is 0. The van der Waals surface area contributed by atoms with Crippen LogP contribution >= 0.6 is 0 Å². The monoisotopic (exact) mass is 238 g/mol. The van der Waals surface area contributed by atoms with Crippen molar-refractivity contribution in [2.75, 3.05) is 19.6 Å². The fourth-order valence-electron chi connectivity index (χ4n) is 4.15. The second-order valence-electron chi connectivity index (χ2n) is 6.33. The van der Waals surface area contributed by atoms with E-state index in [1.807, 2.05) is 0 Å². The Balaban J connectivity index is 2.11. The minimum absolute atomic E-state index is 0.354. The molecule has 17 heavy (non-hydrogen) atoms. The molecule has 2 rings (SSSR count). The topological polar surface area (TPSA) is 29.3 Å². The van der Waals surface area contributed by atoms with Crippen LogP contribution in [0.25, 0.3) is 0 Å². The fraction of sp³-hybridized carbons (Fsp3) is 1.00. The Kier molecular flexibility index (Phi) is 4.48. The van der Waals surface area contributed by atoms with Gasteiger partial charge in [-0.05, 0) is 50.6 Å². The molecule has 2 fully saturated rings. The van der Waals surface area contributed by atoms with Gasteiger partial charge in [0.2, 0.25) is 0 Å². The molecule has 0 aromatic rings. The van der Waals surface area contributed by atoms with E-state index in [2.05, 4.69) is 18.7 Å². The first-order chi connectivity index (χ1) is 8.23. The van der Waals surface area contributed by atoms with E-state index in [0.717, 1.165) is 18.4 Å². The van der Waals surface area contributed by atoms with Gasteiger partial charge in [0.15, 0.2) is 0 Å². The SMILES string of the molecule is CCC1CCCCC1(CN)N1CCC(C)CC1. The Morgan fingerprint density at radius 3 is 2.47 bits per heavy atom. The third-order valence-electron chi connectivity index (χ3n) is 5.43. The zero-order valence-corrected chi connectivity index (χ0v) is 11.8. The van der Waals surface area contributed by atoms with Crippen LogP contribution in [-0.4, -0.2) is 30.1 Å². The Hall–Kier alpha value is -0.0800. The van der Waals surface area contributed by atoms with Gasteiger partial charge in [0.1, 0.15) is 0 Å². The van der Waals surface area contributed by atoms with Gasteiger partial charge in [-0.2, -0.15) is 0 Å². The number of likely N-dealkylation sites (tertiary alicyclic amines) is 1. The lowest BCUT2D eigenvalue weighted by molar-refractivity contribution is -0.0159. The van der Waals surface area contributed by atoms with Crippen molar-refractivity contribution < 1.29 is 0 Å². The lowest BCUT2D eigenvalue weighted by Gasteiger charge is -2.53. The van der Waals surface area contributed by atoms with E-state index in [0.29, 0.717) is 5.54 Å². The van der Waals surface area contributed by atoms with Crippen molar-refractivity contribution in [2.45, 2.75) is 64.3 Å². The summed E-state index contributed by atoms with van der Waals surface area (Å²) in [6.45, 7) is 8.20. The lowest BCUT2D eigenvalue weighted by Crippen LogP contribution is -2.61. The highest BCUT2D eigenvalue weighted by Crippen LogP contribution is 2.41. The van der Waals surface area contributed by atoms with Gasteiger partial charge in [-0.25, -0.2) is 0 Å². The molecule has 2 aliphatic rings. The second kappa shape index (κ2) is 5.71. The van der Waals surface area contributed by atoms with Gasteiger partial charge in [0.05, 0.1) is 0 Å². The maximum atomic E-state index is 6.23. The van der Waals surface area contributed by atoms with Gasteiger partial charge >= 0.3 is 0 Å². The van der Waals surface area contributed by atoms with Crippen molar-refractivity contribution in [1.29, 1.82) is 0 Å². The second-order valence-corrected chi connectivity index (χ2v) is 6.33. The molecule has 0 aromatic carbocycles. The van der Waals surface area contributed by atoms with Crippen molar-refractivity contribution in [2.24, 2.45) is 17.6 Å². The van der Waals surface area contributed by atoms with Crippen LogP contribution in [0.15, 0.2) is 0 Å². The van der Waals surface area contributed by atoms with Crippen LogP contribution in [-0.2, 0) is 0 Å². The number of nitrogens with two attached hydrogens (primary N) is 1. The fourth-order valence-corrected chi connectivity index (χ4v) is 4.15. The minimum atomic E-state index is 0.354. The molecule has 1 aliphatic heterocycles. The van der Waals surface area contributed by atoms with Gasteiger partial charge in [0.25, 0.3) is 0 Å². The van der Waals surface area contributed by atoms with Gasteiger partial charge < -0.3 is 5.73 Å². The van der Waals surface area contributed by atoms with E-state index in [-0.39, 0.29) is 0 Å². The van der Waals surface area contributed by atoms with Crippen molar-refractivity contribution >= 4 is 0 Å². The van der Waals surface area contributed by atoms with Crippen molar-refractivity contribution in [3.63, 3.8) is 0 Å². The first-order valence-electron chi connectivity index (χ1n) is 7.68. The quantitative estimate of drug-likeness (QED) is 0.819. The Bertz CT molecular complexity index is 233. The van der Waals surface area contributed by atoms with Crippen LogP contribution in [0.4, 0.5) is 0 Å². The third-order valence-corrected chi connectivity index (χ3v) is 5.43. The average Bonchev–Trinajstić information content (AvgIpc) is 2.39. The van der Waals surface area contributed by atoms with Crippen molar-refractivity contribution in [3.8, 4) is 0 Å². The zero-order valence-electron chi connectivity index (χ0n) is 11.8. The standard InChI is InChI=1S/C15H30N2/c1-3-14-6-4-5-9-15(14,12-16)17-10-7-13(2)8-11-17/h13-14H,3-12,16H2,1-2H3. The number of hydrogen-bond acceptors (Lipinski definition) is 2. The van der Waals surface area contributed by atoms with Crippen LogP contribution < -0.4 is 5.73 Å². The van der Waals surface area contributed by atoms with E-state index in [4.69, 9.17) is 5.73 Å². The van der Waals surface area contributed by atoms with E-state index in [1.165, 1.54) is 58.0 Å². The predicted molar refractivity (Wildman–Crippen MR) is 74.0 cm³/mol.